The maximum absolute atomic E-state index is 2.43. The lowest BCUT2D eigenvalue weighted by molar-refractivity contribution is 0.498. The van der Waals surface area contributed by atoms with Crippen LogP contribution in [0.3, 0.4) is 0 Å². The lowest BCUT2D eigenvalue weighted by atomic mass is 9.85. The summed E-state index contributed by atoms with van der Waals surface area (Å²) in [6.45, 7) is 13.6. The van der Waals surface area contributed by atoms with E-state index in [-0.39, 0.29) is 5.41 Å². The number of allylic oxidation sites excluding steroid dienone is 1. The van der Waals surface area contributed by atoms with Crippen molar-refractivity contribution in [3.8, 4) is 11.1 Å². The lowest BCUT2D eigenvalue weighted by Crippen LogP contribution is -2.08. The Labute approximate surface area is 134 Å². The fourth-order valence-electron chi connectivity index (χ4n) is 3.40. The molecule has 0 saturated carbocycles. The van der Waals surface area contributed by atoms with Gasteiger partial charge >= 0.3 is 0 Å². The van der Waals surface area contributed by atoms with Crippen LogP contribution in [0.15, 0.2) is 35.9 Å². The molecule has 114 valence electrons. The molecular weight excluding hydrogens is 264 g/mol. The molecule has 0 aromatic heterocycles. The zero-order valence-electron chi connectivity index (χ0n) is 14.7. The number of aryl methyl sites for hydroxylation is 2. The molecule has 0 nitrogen and oxygen atoms in total. The second-order valence-corrected chi connectivity index (χ2v) is 7.73. The highest BCUT2D eigenvalue weighted by atomic mass is 14.3. The van der Waals surface area contributed by atoms with Crippen LogP contribution in [-0.2, 0) is 6.42 Å². The highest BCUT2D eigenvalue weighted by molar-refractivity contribution is 5.83. The summed E-state index contributed by atoms with van der Waals surface area (Å²) < 4.78 is 0. The third-order valence-corrected chi connectivity index (χ3v) is 4.96. The van der Waals surface area contributed by atoms with Crippen LogP contribution in [0.2, 0.25) is 0 Å². The van der Waals surface area contributed by atoms with Crippen LogP contribution in [0, 0.1) is 26.2 Å². The first-order valence-electron chi connectivity index (χ1n) is 8.18. The minimum absolute atomic E-state index is 0.244. The molecule has 2 aromatic rings. The van der Waals surface area contributed by atoms with Crippen molar-refractivity contribution < 1.29 is 0 Å². The summed E-state index contributed by atoms with van der Waals surface area (Å²) in [7, 11) is 0. The molecule has 0 bridgehead atoms. The standard InChI is InChI=1S/C22H26/c1-14-10-15(2)16(3)20(11-14)19-9-7-8-17-12-18(13-21(17)19)22(4,5)6/h7-11,13H,12H2,1-6H3. The van der Waals surface area contributed by atoms with Gasteiger partial charge in [0.25, 0.3) is 0 Å². The second kappa shape index (κ2) is 5.12. The molecule has 0 radical (unpaired) electrons. The summed E-state index contributed by atoms with van der Waals surface area (Å²) in [5.74, 6) is 0. The number of fused-ring (bicyclic) bond motifs is 1. The summed E-state index contributed by atoms with van der Waals surface area (Å²) in [5.41, 5.74) is 11.6. The van der Waals surface area contributed by atoms with Crippen LogP contribution < -0.4 is 0 Å². The summed E-state index contributed by atoms with van der Waals surface area (Å²) in [6.07, 6.45) is 3.53. The Balaban J connectivity index is 2.21. The quantitative estimate of drug-likeness (QED) is 0.581. The van der Waals surface area contributed by atoms with Crippen molar-refractivity contribution in [2.45, 2.75) is 48.0 Å². The number of benzene rings is 2. The minimum Gasteiger partial charge on any atom is -0.0613 e. The average Bonchev–Trinajstić information content (AvgIpc) is 2.86. The van der Waals surface area contributed by atoms with Gasteiger partial charge in [0.2, 0.25) is 0 Å². The van der Waals surface area contributed by atoms with Crippen molar-refractivity contribution in [2.75, 3.05) is 0 Å². The van der Waals surface area contributed by atoms with Crippen molar-refractivity contribution >= 4 is 6.08 Å². The van der Waals surface area contributed by atoms with Crippen LogP contribution in [0.4, 0.5) is 0 Å². The van der Waals surface area contributed by atoms with Crippen LogP contribution in [0.5, 0.6) is 0 Å². The SMILES string of the molecule is Cc1cc(C)c(C)c(-c2cccc3c2C=C(C(C)(C)C)C3)c1. The third kappa shape index (κ3) is 2.52. The molecule has 0 fully saturated rings. The van der Waals surface area contributed by atoms with Crippen LogP contribution in [0.25, 0.3) is 17.2 Å². The number of hydrogen-bond acceptors (Lipinski definition) is 0. The molecule has 0 saturated heterocycles. The number of hydrogen-bond donors (Lipinski definition) is 0. The fourth-order valence-corrected chi connectivity index (χ4v) is 3.40. The molecule has 0 heterocycles. The average molecular weight is 290 g/mol. The van der Waals surface area contributed by atoms with Crippen LogP contribution >= 0.6 is 0 Å². The van der Waals surface area contributed by atoms with E-state index in [1.807, 2.05) is 0 Å². The smallest absolute Gasteiger partial charge is 0.00523 e. The van der Waals surface area contributed by atoms with Crippen molar-refractivity contribution in [2.24, 2.45) is 5.41 Å². The first kappa shape index (κ1) is 15.1. The highest BCUT2D eigenvalue weighted by Crippen LogP contribution is 2.41. The van der Waals surface area contributed by atoms with E-state index in [0.29, 0.717) is 0 Å². The Hall–Kier alpha value is -1.82. The molecule has 3 rings (SSSR count). The van der Waals surface area contributed by atoms with Gasteiger partial charge in [0, 0.05) is 0 Å². The topological polar surface area (TPSA) is 0 Å². The van der Waals surface area contributed by atoms with Gasteiger partial charge in [-0.1, -0.05) is 68.3 Å². The van der Waals surface area contributed by atoms with E-state index in [1.165, 1.54) is 44.5 Å². The van der Waals surface area contributed by atoms with Crippen molar-refractivity contribution in [1.29, 1.82) is 0 Å². The van der Waals surface area contributed by atoms with Crippen molar-refractivity contribution in [3.05, 3.63) is 63.7 Å². The normalized spacial score (nSPS) is 14.0. The Morgan fingerprint density at radius 3 is 2.32 bits per heavy atom. The van der Waals surface area contributed by atoms with Gasteiger partial charge in [0.05, 0.1) is 0 Å². The van der Waals surface area contributed by atoms with Gasteiger partial charge in [-0.25, -0.2) is 0 Å². The van der Waals surface area contributed by atoms with E-state index in [4.69, 9.17) is 0 Å². The zero-order chi connectivity index (χ0) is 16.1. The Kier molecular flexibility index (Phi) is 3.51. The molecular formula is C22H26. The van der Waals surface area contributed by atoms with Gasteiger partial charge in [-0.15, -0.1) is 0 Å². The zero-order valence-corrected chi connectivity index (χ0v) is 14.7. The molecule has 1 aliphatic carbocycles. The van der Waals surface area contributed by atoms with Gasteiger partial charge in [-0.05, 0) is 66.0 Å². The second-order valence-electron chi connectivity index (χ2n) is 7.73. The van der Waals surface area contributed by atoms with Crippen molar-refractivity contribution in [3.63, 3.8) is 0 Å². The molecule has 0 amide bonds. The maximum Gasteiger partial charge on any atom is -0.00523 e. The number of rotatable bonds is 1. The van der Waals surface area contributed by atoms with E-state index >= 15 is 0 Å². The molecule has 0 spiro atoms. The summed E-state index contributed by atoms with van der Waals surface area (Å²) in [4.78, 5) is 0. The molecule has 0 atom stereocenters. The Morgan fingerprint density at radius 2 is 1.64 bits per heavy atom. The first-order chi connectivity index (χ1) is 10.3. The molecule has 0 aliphatic heterocycles. The van der Waals surface area contributed by atoms with Gasteiger partial charge in [-0.2, -0.15) is 0 Å². The van der Waals surface area contributed by atoms with Crippen LogP contribution in [0.1, 0.15) is 48.6 Å². The Bertz CT molecular complexity index is 767. The molecule has 0 N–H and O–H groups in total. The van der Waals surface area contributed by atoms with E-state index in [9.17, 15) is 0 Å². The Morgan fingerprint density at radius 1 is 0.909 bits per heavy atom. The molecule has 0 unspecified atom stereocenters. The third-order valence-electron chi connectivity index (χ3n) is 4.96. The van der Waals surface area contributed by atoms with E-state index < -0.39 is 0 Å². The molecule has 0 heteroatoms. The van der Waals surface area contributed by atoms with E-state index in [1.54, 1.807) is 0 Å². The lowest BCUT2D eigenvalue weighted by Gasteiger charge is -2.19. The highest BCUT2D eigenvalue weighted by Gasteiger charge is 2.24. The summed E-state index contributed by atoms with van der Waals surface area (Å²) in [5, 5.41) is 0. The monoisotopic (exact) mass is 290 g/mol. The van der Waals surface area contributed by atoms with Gasteiger partial charge in [0.1, 0.15) is 0 Å². The van der Waals surface area contributed by atoms with Gasteiger partial charge < -0.3 is 0 Å². The fraction of sp³-hybridized carbons (Fsp3) is 0.364. The predicted molar refractivity (Wildman–Crippen MR) is 97.2 cm³/mol. The predicted octanol–water partition coefficient (Wildman–Crippen LogP) is 6.26. The van der Waals surface area contributed by atoms with Crippen molar-refractivity contribution in [1.82, 2.24) is 0 Å². The first-order valence-corrected chi connectivity index (χ1v) is 8.18. The molecule has 22 heavy (non-hydrogen) atoms. The maximum atomic E-state index is 2.43. The largest absolute Gasteiger partial charge is 0.0613 e. The summed E-state index contributed by atoms with van der Waals surface area (Å²) in [6, 6.07) is 11.4. The summed E-state index contributed by atoms with van der Waals surface area (Å²) >= 11 is 0. The van der Waals surface area contributed by atoms with E-state index in [2.05, 4.69) is 78.0 Å². The molecule has 2 aromatic carbocycles. The van der Waals surface area contributed by atoms with Gasteiger partial charge in [-0.3, -0.25) is 0 Å². The minimum atomic E-state index is 0.244. The molecule has 1 aliphatic rings. The van der Waals surface area contributed by atoms with Crippen LogP contribution in [-0.4, -0.2) is 0 Å². The van der Waals surface area contributed by atoms with E-state index in [0.717, 1.165) is 6.42 Å². The van der Waals surface area contributed by atoms with Gasteiger partial charge in [0.15, 0.2) is 0 Å².